The molecule has 0 N–H and O–H groups in total. The molecule has 2 aliphatic heterocycles. The van der Waals surface area contributed by atoms with Gasteiger partial charge in [-0.3, -0.25) is 9.69 Å². The Kier molecular flexibility index (Phi) is 5.80. The summed E-state index contributed by atoms with van der Waals surface area (Å²) in [6.45, 7) is 2.53. The van der Waals surface area contributed by atoms with Crippen LogP contribution in [0, 0.1) is 18.7 Å². The van der Waals surface area contributed by atoms with Crippen LogP contribution in [0.2, 0.25) is 0 Å². The van der Waals surface area contributed by atoms with Gasteiger partial charge in [0.15, 0.2) is 5.78 Å². The molecule has 2 unspecified atom stereocenters. The summed E-state index contributed by atoms with van der Waals surface area (Å²) in [7, 11) is 0. The number of piperidine rings is 1. The lowest BCUT2D eigenvalue weighted by molar-refractivity contribution is -0.0748. The average molecular weight is 487 g/mol. The van der Waals surface area contributed by atoms with E-state index in [0.717, 1.165) is 0 Å². The van der Waals surface area contributed by atoms with Gasteiger partial charge in [-0.25, -0.2) is 14.2 Å². The van der Waals surface area contributed by atoms with Crippen LogP contribution in [0.4, 0.5) is 9.18 Å². The van der Waals surface area contributed by atoms with Gasteiger partial charge in [0, 0.05) is 11.8 Å². The lowest BCUT2D eigenvalue weighted by atomic mass is 9.81. The highest BCUT2D eigenvalue weighted by molar-refractivity contribution is 5.96. The molecule has 0 saturated carbocycles. The van der Waals surface area contributed by atoms with Gasteiger partial charge < -0.3 is 9.47 Å². The van der Waals surface area contributed by atoms with Gasteiger partial charge in [-0.05, 0) is 54.2 Å². The second kappa shape index (κ2) is 9.13. The molecule has 2 bridgehead atoms. The van der Waals surface area contributed by atoms with Gasteiger partial charge in [0.25, 0.3) is 0 Å². The predicted molar refractivity (Wildman–Crippen MR) is 131 cm³/mol. The molecule has 36 heavy (non-hydrogen) atoms. The van der Waals surface area contributed by atoms with Gasteiger partial charge in [-0.15, -0.1) is 0 Å². The van der Waals surface area contributed by atoms with E-state index in [1.807, 2.05) is 24.3 Å². The van der Waals surface area contributed by atoms with Crippen LogP contribution < -0.4 is 0 Å². The molecule has 3 aliphatic rings. The van der Waals surface area contributed by atoms with Crippen LogP contribution in [0.3, 0.4) is 0 Å². The number of ether oxygens (including phenoxy) is 2. The summed E-state index contributed by atoms with van der Waals surface area (Å²) in [6, 6.07) is 18.7. The number of halogens is 1. The van der Waals surface area contributed by atoms with Crippen LogP contribution in [-0.2, 0) is 9.47 Å². The Bertz CT molecular complexity index is 1280. The number of hydrogen-bond acceptors (Lipinski definition) is 5. The maximum atomic E-state index is 13.6. The van der Waals surface area contributed by atoms with E-state index in [-0.39, 0.29) is 53.8 Å². The van der Waals surface area contributed by atoms with E-state index >= 15 is 0 Å². The first-order chi connectivity index (χ1) is 17.5. The smallest absolute Gasteiger partial charge is 0.410 e. The summed E-state index contributed by atoms with van der Waals surface area (Å²) >= 11 is 0. The highest BCUT2D eigenvalue weighted by Gasteiger charge is 2.45. The third-order valence-corrected chi connectivity index (χ3v) is 7.71. The zero-order valence-corrected chi connectivity index (χ0v) is 20.0. The number of ketones is 1. The average Bonchev–Trinajstić information content (AvgIpc) is 3.21. The van der Waals surface area contributed by atoms with E-state index in [2.05, 4.69) is 29.2 Å². The molecule has 2 saturated heterocycles. The summed E-state index contributed by atoms with van der Waals surface area (Å²) in [5.41, 5.74) is 5.18. The van der Waals surface area contributed by atoms with Gasteiger partial charge in [0.1, 0.15) is 18.1 Å². The SMILES string of the molecule is Cc1nc(C(=O)C2CC3COCC(C2)N3C(=O)OCC2c3ccccc3-c3ccccc32)ccc1F. The van der Waals surface area contributed by atoms with E-state index < -0.39 is 5.82 Å². The molecule has 3 heterocycles. The fraction of sp³-hybridized carbons (Fsp3) is 0.345. The third kappa shape index (κ3) is 3.88. The molecule has 6 rings (SSSR count). The van der Waals surface area contributed by atoms with Crippen molar-refractivity contribution in [2.45, 2.75) is 37.8 Å². The molecule has 1 amide bonds. The Morgan fingerprint density at radius 2 is 1.58 bits per heavy atom. The first-order valence-corrected chi connectivity index (χ1v) is 12.4. The molecular formula is C29H27FN2O4. The molecule has 2 aromatic carbocycles. The largest absolute Gasteiger partial charge is 0.448 e. The van der Waals surface area contributed by atoms with E-state index in [0.29, 0.717) is 26.1 Å². The molecule has 7 heteroatoms. The maximum Gasteiger partial charge on any atom is 0.410 e. The lowest BCUT2D eigenvalue weighted by Crippen LogP contribution is -2.60. The van der Waals surface area contributed by atoms with Crippen molar-refractivity contribution in [2.24, 2.45) is 5.92 Å². The monoisotopic (exact) mass is 486 g/mol. The zero-order valence-electron chi connectivity index (χ0n) is 20.0. The second-order valence-electron chi connectivity index (χ2n) is 9.85. The van der Waals surface area contributed by atoms with E-state index in [9.17, 15) is 14.0 Å². The number of carbonyl (C=O) groups excluding carboxylic acids is 2. The Morgan fingerprint density at radius 1 is 0.972 bits per heavy atom. The molecule has 1 aromatic heterocycles. The lowest BCUT2D eigenvalue weighted by Gasteiger charge is -2.47. The molecule has 3 aromatic rings. The van der Waals surface area contributed by atoms with Crippen LogP contribution in [0.25, 0.3) is 11.1 Å². The minimum Gasteiger partial charge on any atom is -0.448 e. The number of fused-ring (bicyclic) bond motifs is 5. The second-order valence-corrected chi connectivity index (χ2v) is 9.85. The number of pyridine rings is 1. The number of benzene rings is 2. The summed E-state index contributed by atoms with van der Waals surface area (Å²) in [5, 5.41) is 0. The zero-order chi connectivity index (χ0) is 24.8. The molecule has 2 atom stereocenters. The maximum absolute atomic E-state index is 13.6. The van der Waals surface area contributed by atoms with Crippen LogP contribution in [0.15, 0.2) is 60.7 Å². The highest BCUT2D eigenvalue weighted by atomic mass is 19.1. The quantitative estimate of drug-likeness (QED) is 0.478. The fourth-order valence-electron chi connectivity index (χ4n) is 5.99. The van der Waals surface area contributed by atoms with Crippen LogP contribution in [0.1, 0.15) is 46.1 Å². The molecule has 184 valence electrons. The van der Waals surface area contributed by atoms with Crippen molar-refractivity contribution >= 4 is 11.9 Å². The van der Waals surface area contributed by atoms with Gasteiger partial charge in [0.2, 0.25) is 0 Å². The molecular weight excluding hydrogens is 459 g/mol. The van der Waals surface area contributed by atoms with Crippen molar-refractivity contribution in [3.05, 3.63) is 89.0 Å². The number of aryl methyl sites for hydroxylation is 1. The topological polar surface area (TPSA) is 68.7 Å². The minimum atomic E-state index is -0.429. The predicted octanol–water partition coefficient (Wildman–Crippen LogP) is 5.14. The van der Waals surface area contributed by atoms with Crippen LogP contribution in [-0.4, -0.2) is 53.7 Å². The Balaban J connectivity index is 1.16. The van der Waals surface area contributed by atoms with Crippen molar-refractivity contribution in [3.8, 4) is 11.1 Å². The summed E-state index contributed by atoms with van der Waals surface area (Å²) in [4.78, 5) is 32.4. The summed E-state index contributed by atoms with van der Waals surface area (Å²) in [6.07, 6.45) is 0.576. The summed E-state index contributed by atoms with van der Waals surface area (Å²) < 4.78 is 25.3. The van der Waals surface area contributed by atoms with Crippen molar-refractivity contribution in [3.63, 3.8) is 0 Å². The van der Waals surface area contributed by atoms with Crippen molar-refractivity contribution in [1.82, 2.24) is 9.88 Å². The minimum absolute atomic E-state index is 0.00986. The van der Waals surface area contributed by atoms with Gasteiger partial charge in [-0.1, -0.05) is 48.5 Å². The van der Waals surface area contributed by atoms with E-state index in [4.69, 9.17) is 9.47 Å². The van der Waals surface area contributed by atoms with E-state index in [1.165, 1.54) is 34.4 Å². The number of hydrogen-bond donors (Lipinski definition) is 0. The van der Waals surface area contributed by atoms with Gasteiger partial charge in [-0.2, -0.15) is 0 Å². The normalized spacial score (nSPS) is 22.6. The number of aromatic nitrogens is 1. The number of carbonyl (C=O) groups is 2. The standard InChI is InChI=1S/C29H27FN2O4/c1-17-26(30)10-11-27(31-17)28(33)18-12-19-14-35-15-20(13-18)32(19)29(34)36-16-25-23-8-4-2-6-21(23)22-7-3-5-9-24(22)25/h2-11,18-20,25H,12-16H2,1H3. The molecule has 6 nitrogen and oxygen atoms in total. The van der Waals surface area contributed by atoms with Crippen molar-refractivity contribution in [2.75, 3.05) is 19.8 Å². The molecule has 0 spiro atoms. The number of Topliss-reactive ketones (excluding diaryl/α,β-unsaturated/α-hetero) is 1. The Labute approximate surface area is 209 Å². The number of rotatable bonds is 4. The van der Waals surface area contributed by atoms with Gasteiger partial charge in [0.05, 0.1) is 31.0 Å². The summed E-state index contributed by atoms with van der Waals surface area (Å²) in [5.74, 6) is -0.840. The highest BCUT2D eigenvalue weighted by Crippen LogP contribution is 2.44. The first kappa shape index (κ1) is 22.9. The third-order valence-electron chi connectivity index (χ3n) is 7.71. The number of amides is 1. The fourth-order valence-corrected chi connectivity index (χ4v) is 5.99. The Morgan fingerprint density at radius 3 is 2.19 bits per heavy atom. The number of morpholine rings is 1. The van der Waals surface area contributed by atoms with Crippen LogP contribution in [0.5, 0.6) is 0 Å². The Hall–Kier alpha value is -3.58. The van der Waals surface area contributed by atoms with Crippen molar-refractivity contribution in [1.29, 1.82) is 0 Å². The molecule has 2 fully saturated rings. The van der Waals surface area contributed by atoms with Gasteiger partial charge >= 0.3 is 6.09 Å². The molecule has 1 aliphatic carbocycles. The first-order valence-electron chi connectivity index (χ1n) is 12.4. The van der Waals surface area contributed by atoms with Crippen LogP contribution >= 0.6 is 0 Å². The number of nitrogens with zero attached hydrogens (tertiary/aromatic N) is 2. The molecule has 0 radical (unpaired) electrons. The van der Waals surface area contributed by atoms with E-state index in [1.54, 1.807) is 11.8 Å². The van der Waals surface area contributed by atoms with Crippen molar-refractivity contribution < 1.29 is 23.5 Å².